The first-order valence-electron chi connectivity index (χ1n) is 12.0. The summed E-state index contributed by atoms with van der Waals surface area (Å²) in [6.45, 7) is 1.90. The van der Waals surface area contributed by atoms with E-state index >= 15 is 0 Å². The van der Waals surface area contributed by atoms with Crippen LogP contribution in [0.25, 0.3) is 21.8 Å². The smallest absolute Gasteiger partial charge is 0.283 e. The number of aromatic amines is 1. The van der Waals surface area contributed by atoms with Crippen LogP contribution in [0.15, 0.2) is 95.5 Å². The van der Waals surface area contributed by atoms with Crippen molar-refractivity contribution in [2.24, 2.45) is 0 Å². The van der Waals surface area contributed by atoms with Crippen molar-refractivity contribution in [1.82, 2.24) is 9.88 Å². The van der Waals surface area contributed by atoms with Crippen molar-refractivity contribution in [2.75, 3.05) is 19.7 Å². The molecule has 0 aliphatic heterocycles. The fourth-order valence-corrected chi connectivity index (χ4v) is 4.91. The number of halogens is 1. The highest BCUT2D eigenvalue weighted by Crippen LogP contribution is 2.30. The molecular formula is C29H26BrN3O4. The lowest BCUT2D eigenvalue weighted by molar-refractivity contribution is -0.385. The third-order valence-corrected chi connectivity index (χ3v) is 7.06. The number of rotatable bonds is 10. The third kappa shape index (κ3) is 5.83. The van der Waals surface area contributed by atoms with E-state index in [0.29, 0.717) is 36.3 Å². The molecule has 5 aromatic rings. The molecule has 1 atom stereocenters. The molecule has 1 unspecified atom stereocenters. The van der Waals surface area contributed by atoms with Gasteiger partial charge in [0.1, 0.15) is 12.4 Å². The summed E-state index contributed by atoms with van der Waals surface area (Å²) in [7, 11) is 0. The molecule has 0 fully saturated rings. The van der Waals surface area contributed by atoms with Gasteiger partial charge in [-0.15, -0.1) is 0 Å². The fraction of sp³-hybridized carbons (Fsp3) is 0.172. The van der Waals surface area contributed by atoms with E-state index in [4.69, 9.17) is 4.74 Å². The molecule has 8 heteroatoms. The Morgan fingerprint density at radius 1 is 0.946 bits per heavy atom. The minimum atomic E-state index is -0.891. The van der Waals surface area contributed by atoms with Gasteiger partial charge < -0.3 is 14.8 Å². The first-order valence-corrected chi connectivity index (χ1v) is 12.8. The molecule has 5 rings (SSSR count). The summed E-state index contributed by atoms with van der Waals surface area (Å²) in [5.74, 6) is 0.766. The van der Waals surface area contributed by atoms with Crippen LogP contribution in [0, 0.1) is 10.1 Å². The molecule has 0 amide bonds. The number of para-hydroxylation sites is 1. The number of nitrogens with zero attached hydrogens (tertiary/aromatic N) is 2. The Bertz CT molecular complexity index is 1540. The number of nitro benzene ring substituents is 1. The van der Waals surface area contributed by atoms with E-state index in [1.807, 2.05) is 54.6 Å². The molecule has 0 aliphatic rings. The zero-order chi connectivity index (χ0) is 25.8. The van der Waals surface area contributed by atoms with Crippen LogP contribution in [0.5, 0.6) is 5.75 Å². The van der Waals surface area contributed by atoms with Gasteiger partial charge in [-0.2, -0.15) is 0 Å². The predicted molar refractivity (Wildman–Crippen MR) is 149 cm³/mol. The first-order chi connectivity index (χ1) is 18.0. The molecule has 0 aliphatic carbocycles. The second-order valence-electron chi connectivity index (χ2n) is 8.93. The lowest BCUT2D eigenvalue weighted by Crippen LogP contribution is -2.32. The number of aliphatic hydroxyl groups is 1. The lowest BCUT2D eigenvalue weighted by Gasteiger charge is -2.25. The lowest BCUT2D eigenvalue weighted by atomic mass is 10.1. The normalized spacial score (nSPS) is 12.3. The molecule has 2 N–H and O–H groups in total. The highest BCUT2D eigenvalue weighted by Gasteiger charge is 2.19. The Labute approximate surface area is 222 Å². The maximum absolute atomic E-state index is 11.3. The van der Waals surface area contributed by atoms with Crippen molar-refractivity contribution in [1.29, 1.82) is 0 Å². The van der Waals surface area contributed by atoms with Crippen LogP contribution in [-0.2, 0) is 6.54 Å². The van der Waals surface area contributed by atoms with E-state index in [-0.39, 0.29) is 5.69 Å². The molecule has 0 saturated heterocycles. The summed E-state index contributed by atoms with van der Waals surface area (Å²) < 4.78 is 6.48. The minimum Gasteiger partial charge on any atom is -0.492 e. The van der Waals surface area contributed by atoms with Gasteiger partial charge in [0.15, 0.2) is 0 Å². The number of aromatic nitrogens is 1. The first kappa shape index (κ1) is 25.0. The van der Waals surface area contributed by atoms with Crippen molar-refractivity contribution in [3.63, 3.8) is 0 Å². The third-order valence-electron chi connectivity index (χ3n) is 6.39. The number of ether oxygens (including phenoxy) is 1. The van der Waals surface area contributed by atoms with Gasteiger partial charge in [-0.3, -0.25) is 15.0 Å². The number of hydrogen-bond donors (Lipinski definition) is 2. The van der Waals surface area contributed by atoms with Crippen LogP contribution in [0.3, 0.4) is 0 Å². The molecule has 0 bridgehead atoms. The largest absolute Gasteiger partial charge is 0.492 e. The van der Waals surface area contributed by atoms with E-state index in [1.165, 1.54) is 11.5 Å². The number of nitrogens with one attached hydrogen (secondary N) is 1. The summed E-state index contributed by atoms with van der Waals surface area (Å²) in [6, 6.07) is 29.0. The monoisotopic (exact) mass is 559 g/mol. The molecular weight excluding hydrogens is 534 g/mol. The summed E-state index contributed by atoms with van der Waals surface area (Å²) in [5, 5.41) is 24.6. The predicted octanol–water partition coefficient (Wildman–Crippen LogP) is 6.61. The molecule has 0 spiro atoms. The highest BCUT2D eigenvalue weighted by atomic mass is 79.9. The quantitative estimate of drug-likeness (QED) is 0.148. The van der Waals surface area contributed by atoms with E-state index in [2.05, 4.69) is 44.0 Å². The van der Waals surface area contributed by atoms with Crippen molar-refractivity contribution >= 4 is 43.4 Å². The maximum Gasteiger partial charge on any atom is 0.283 e. The summed E-state index contributed by atoms with van der Waals surface area (Å²) in [6.07, 6.45) is -0.891. The zero-order valence-electron chi connectivity index (χ0n) is 20.0. The number of fused-ring (bicyclic) bond motifs is 3. The number of aliphatic hydroxyl groups excluding tert-OH is 1. The van der Waals surface area contributed by atoms with Gasteiger partial charge in [0, 0.05) is 48.1 Å². The Hall–Kier alpha value is -3.72. The van der Waals surface area contributed by atoms with Gasteiger partial charge in [-0.05, 0) is 51.3 Å². The second-order valence-corrected chi connectivity index (χ2v) is 9.79. The van der Waals surface area contributed by atoms with Crippen LogP contribution in [0.2, 0.25) is 0 Å². The van der Waals surface area contributed by atoms with Crippen LogP contribution in [-0.4, -0.2) is 39.6 Å². The number of H-pyrrole nitrogens is 1. The Balaban J connectivity index is 1.29. The van der Waals surface area contributed by atoms with Crippen molar-refractivity contribution in [2.45, 2.75) is 12.6 Å². The average Bonchev–Trinajstić information content (AvgIpc) is 3.27. The van der Waals surface area contributed by atoms with Gasteiger partial charge in [0.2, 0.25) is 0 Å². The molecule has 0 radical (unpaired) electrons. The van der Waals surface area contributed by atoms with Gasteiger partial charge >= 0.3 is 0 Å². The molecule has 1 heterocycles. The summed E-state index contributed by atoms with van der Waals surface area (Å²) in [4.78, 5) is 16.4. The molecule has 37 heavy (non-hydrogen) atoms. The number of nitro groups is 1. The van der Waals surface area contributed by atoms with Crippen molar-refractivity contribution in [3.05, 3.63) is 117 Å². The van der Waals surface area contributed by atoms with Crippen molar-refractivity contribution < 1.29 is 14.8 Å². The average molecular weight is 560 g/mol. The van der Waals surface area contributed by atoms with E-state index in [1.54, 1.807) is 12.1 Å². The minimum absolute atomic E-state index is 0.0677. The fourth-order valence-electron chi connectivity index (χ4n) is 4.52. The van der Waals surface area contributed by atoms with Crippen LogP contribution < -0.4 is 4.74 Å². The zero-order valence-corrected chi connectivity index (χ0v) is 21.6. The van der Waals surface area contributed by atoms with Crippen LogP contribution in [0.1, 0.15) is 17.2 Å². The highest BCUT2D eigenvalue weighted by molar-refractivity contribution is 9.10. The van der Waals surface area contributed by atoms with E-state index in [9.17, 15) is 15.2 Å². The van der Waals surface area contributed by atoms with E-state index in [0.717, 1.165) is 27.7 Å². The Morgan fingerprint density at radius 3 is 2.51 bits per heavy atom. The maximum atomic E-state index is 11.3. The van der Waals surface area contributed by atoms with Crippen molar-refractivity contribution in [3.8, 4) is 5.75 Å². The standard InChI is InChI=1S/C29H26BrN3O4/c30-25-13-10-21(16-28(25)33(35)36)29(34)19-32(18-20-6-2-1-3-7-20)14-15-37-22-11-12-24-23-8-4-5-9-26(23)31-27(24)17-22/h1-13,16-17,29,31,34H,14-15,18-19H2. The number of hydrogen-bond acceptors (Lipinski definition) is 5. The molecule has 0 saturated carbocycles. The topological polar surface area (TPSA) is 91.6 Å². The second kappa shape index (κ2) is 11.1. The number of benzene rings is 4. The summed E-state index contributed by atoms with van der Waals surface area (Å²) in [5.41, 5.74) is 3.65. The van der Waals surface area contributed by atoms with Gasteiger partial charge in [0.05, 0.1) is 21.0 Å². The molecule has 188 valence electrons. The van der Waals surface area contributed by atoms with Gasteiger partial charge in [-0.25, -0.2) is 0 Å². The molecule has 4 aromatic carbocycles. The van der Waals surface area contributed by atoms with Crippen LogP contribution >= 0.6 is 15.9 Å². The molecule has 7 nitrogen and oxygen atoms in total. The SMILES string of the molecule is O=[N+]([O-])c1cc(C(O)CN(CCOc2ccc3c(c2)[nH]c2ccccc23)Cc2ccccc2)ccc1Br. The molecule has 1 aromatic heterocycles. The Kier molecular flexibility index (Phi) is 7.50. The van der Waals surface area contributed by atoms with Gasteiger partial charge in [0.25, 0.3) is 5.69 Å². The summed E-state index contributed by atoms with van der Waals surface area (Å²) >= 11 is 3.20. The Morgan fingerprint density at radius 2 is 1.70 bits per heavy atom. The van der Waals surface area contributed by atoms with E-state index < -0.39 is 11.0 Å². The van der Waals surface area contributed by atoms with Crippen LogP contribution in [0.4, 0.5) is 5.69 Å². The van der Waals surface area contributed by atoms with Gasteiger partial charge in [-0.1, -0.05) is 54.6 Å².